The molecule has 1 aliphatic heterocycles. The molecule has 2 N–H and O–H groups in total. The molecule has 1 fully saturated rings. The molecule has 0 aromatic rings. The van der Waals surface area contributed by atoms with Gasteiger partial charge >= 0.3 is 0 Å². The van der Waals surface area contributed by atoms with Crippen LogP contribution in [0, 0.1) is 11.8 Å². The SMILES string of the molecule is CC[C@H](C)[C@H](N)C(=O)N1CCCC(C)CC1. The molecule has 1 rings (SSSR count). The molecule has 1 unspecified atom stereocenters. The molecule has 0 spiro atoms. The van der Waals surface area contributed by atoms with Crippen molar-refractivity contribution >= 4 is 5.91 Å². The highest BCUT2D eigenvalue weighted by atomic mass is 16.2. The molecule has 3 nitrogen and oxygen atoms in total. The number of likely N-dealkylation sites (tertiary alicyclic amines) is 1. The van der Waals surface area contributed by atoms with E-state index in [1.807, 2.05) is 4.90 Å². The standard InChI is InChI=1S/C13H26N2O/c1-4-11(3)12(14)13(16)15-8-5-6-10(2)7-9-15/h10-12H,4-9,14H2,1-3H3/t10?,11-,12-/m0/s1. The lowest BCUT2D eigenvalue weighted by Gasteiger charge is -2.26. The van der Waals surface area contributed by atoms with Gasteiger partial charge in [-0.25, -0.2) is 0 Å². The summed E-state index contributed by atoms with van der Waals surface area (Å²) in [6.07, 6.45) is 4.46. The Morgan fingerprint density at radius 3 is 2.75 bits per heavy atom. The number of hydrogen-bond donors (Lipinski definition) is 1. The van der Waals surface area contributed by atoms with Crippen molar-refractivity contribution in [3.8, 4) is 0 Å². The molecular weight excluding hydrogens is 200 g/mol. The molecule has 0 radical (unpaired) electrons. The van der Waals surface area contributed by atoms with E-state index in [2.05, 4.69) is 20.8 Å². The van der Waals surface area contributed by atoms with Crippen LogP contribution in [-0.2, 0) is 4.79 Å². The maximum Gasteiger partial charge on any atom is 0.239 e. The van der Waals surface area contributed by atoms with Crippen molar-refractivity contribution in [1.29, 1.82) is 0 Å². The lowest BCUT2D eigenvalue weighted by atomic mass is 9.99. The minimum atomic E-state index is -0.307. The van der Waals surface area contributed by atoms with Gasteiger partial charge in [0.25, 0.3) is 0 Å². The van der Waals surface area contributed by atoms with Crippen molar-refractivity contribution < 1.29 is 4.79 Å². The number of carbonyl (C=O) groups excluding carboxylic acids is 1. The lowest BCUT2D eigenvalue weighted by Crippen LogP contribution is -2.47. The molecule has 0 bridgehead atoms. The first-order valence-corrected chi connectivity index (χ1v) is 6.60. The van der Waals surface area contributed by atoms with Crippen LogP contribution in [0.25, 0.3) is 0 Å². The van der Waals surface area contributed by atoms with Gasteiger partial charge in [-0.05, 0) is 31.1 Å². The van der Waals surface area contributed by atoms with Crippen molar-refractivity contribution in [2.75, 3.05) is 13.1 Å². The van der Waals surface area contributed by atoms with Gasteiger partial charge in [-0.1, -0.05) is 27.2 Å². The van der Waals surface area contributed by atoms with E-state index in [1.54, 1.807) is 0 Å². The van der Waals surface area contributed by atoms with Crippen molar-refractivity contribution in [3.05, 3.63) is 0 Å². The Morgan fingerprint density at radius 2 is 2.12 bits per heavy atom. The molecule has 94 valence electrons. The second kappa shape index (κ2) is 6.24. The average Bonchev–Trinajstić information content (AvgIpc) is 2.51. The zero-order chi connectivity index (χ0) is 12.1. The summed E-state index contributed by atoms with van der Waals surface area (Å²) in [7, 11) is 0. The predicted molar refractivity (Wildman–Crippen MR) is 67.0 cm³/mol. The molecule has 3 heteroatoms. The predicted octanol–water partition coefficient (Wildman–Crippen LogP) is 2.01. The van der Waals surface area contributed by atoms with Gasteiger partial charge in [0.05, 0.1) is 6.04 Å². The summed E-state index contributed by atoms with van der Waals surface area (Å²) in [5, 5.41) is 0. The van der Waals surface area contributed by atoms with E-state index in [9.17, 15) is 4.79 Å². The number of nitrogens with zero attached hydrogens (tertiary/aromatic N) is 1. The zero-order valence-corrected chi connectivity index (χ0v) is 10.9. The van der Waals surface area contributed by atoms with Crippen molar-refractivity contribution in [2.24, 2.45) is 17.6 Å². The molecule has 1 heterocycles. The van der Waals surface area contributed by atoms with Crippen LogP contribution in [-0.4, -0.2) is 29.9 Å². The Balaban J connectivity index is 2.52. The smallest absolute Gasteiger partial charge is 0.239 e. The summed E-state index contributed by atoms with van der Waals surface area (Å²) in [5.41, 5.74) is 6.00. The van der Waals surface area contributed by atoms with Gasteiger partial charge in [-0.15, -0.1) is 0 Å². The molecule has 1 saturated heterocycles. The van der Waals surface area contributed by atoms with Gasteiger partial charge in [-0.2, -0.15) is 0 Å². The van der Waals surface area contributed by atoms with E-state index in [0.29, 0.717) is 0 Å². The number of amides is 1. The first kappa shape index (κ1) is 13.5. The van der Waals surface area contributed by atoms with Crippen LogP contribution in [0.15, 0.2) is 0 Å². The zero-order valence-electron chi connectivity index (χ0n) is 10.9. The highest BCUT2D eigenvalue weighted by Crippen LogP contribution is 2.18. The summed E-state index contributed by atoms with van der Waals surface area (Å²) in [6, 6.07) is -0.307. The molecule has 16 heavy (non-hydrogen) atoms. The minimum Gasteiger partial charge on any atom is -0.341 e. The van der Waals surface area contributed by atoms with Crippen molar-refractivity contribution in [1.82, 2.24) is 4.90 Å². The van der Waals surface area contributed by atoms with Gasteiger partial charge in [0, 0.05) is 13.1 Å². The van der Waals surface area contributed by atoms with Crippen LogP contribution in [0.4, 0.5) is 0 Å². The number of carbonyl (C=O) groups is 1. The fourth-order valence-corrected chi connectivity index (χ4v) is 2.19. The van der Waals surface area contributed by atoms with Gasteiger partial charge in [-0.3, -0.25) is 4.79 Å². The maximum absolute atomic E-state index is 12.2. The van der Waals surface area contributed by atoms with E-state index in [0.717, 1.165) is 38.3 Å². The minimum absolute atomic E-state index is 0.156. The highest BCUT2D eigenvalue weighted by molar-refractivity contribution is 5.82. The topological polar surface area (TPSA) is 46.3 Å². The van der Waals surface area contributed by atoms with Crippen LogP contribution in [0.3, 0.4) is 0 Å². The molecule has 0 saturated carbocycles. The second-order valence-corrected chi connectivity index (χ2v) is 5.27. The van der Waals surface area contributed by atoms with Crippen molar-refractivity contribution in [3.63, 3.8) is 0 Å². The third kappa shape index (κ3) is 3.48. The summed E-state index contributed by atoms with van der Waals surface area (Å²) >= 11 is 0. The average molecular weight is 226 g/mol. The molecule has 1 amide bonds. The number of hydrogen-bond acceptors (Lipinski definition) is 2. The van der Waals surface area contributed by atoms with Crippen LogP contribution in [0.1, 0.15) is 46.5 Å². The summed E-state index contributed by atoms with van der Waals surface area (Å²) in [6.45, 7) is 8.20. The Morgan fingerprint density at radius 1 is 1.44 bits per heavy atom. The normalized spacial score (nSPS) is 26.0. The van der Waals surface area contributed by atoms with E-state index in [-0.39, 0.29) is 17.9 Å². The number of nitrogens with two attached hydrogens (primary N) is 1. The fraction of sp³-hybridized carbons (Fsp3) is 0.923. The summed E-state index contributed by atoms with van der Waals surface area (Å²) in [5.74, 6) is 1.19. The van der Waals surface area contributed by atoms with Gasteiger partial charge in [0.1, 0.15) is 0 Å². The van der Waals surface area contributed by atoms with Gasteiger partial charge in [0.2, 0.25) is 5.91 Å². The molecule has 0 aromatic carbocycles. The first-order valence-electron chi connectivity index (χ1n) is 6.60. The number of rotatable bonds is 3. The summed E-state index contributed by atoms with van der Waals surface area (Å²) < 4.78 is 0. The van der Waals surface area contributed by atoms with Crippen LogP contribution in [0.2, 0.25) is 0 Å². The molecule has 1 aliphatic rings. The van der Waals surface area contributed by atoms with E-state index in [4.69, 9.17) is 5.73 Å². The Hall–Kier alpha value is -0.570. The van der Waals surface area contributed by atoms with E-state index >= 15 is 0 Å². The van der Waals surface area contributed by atoms with Crippen LogP contribution >= 0.6 is 0 Å². The maximum atomic E-state index is 12.2. The van der Waals surface area contributed by atoms with Gasteiger partial charge in [0.15, 0.2) is 0 Å². The second-order valence-electron chi connectivity index (χ2n) is 5.27. The van der Waals surface area contributed by atoms with Crippen LogP contribution in [0.5, 0.6) is 0 Å². The lowest BCUT2D eigenvalue weighted by molar-refractivity contribution is -0.133. The van der Waals surface area contributed by atoms with E-state index in [1.165, 1.54) is 6.42 Å². The molecule has 0 aliphatic carbocycles. The monoisotopic (exact) mass is 226 g/mol. The van der Waals surface area contributed by atoms with Crippen molar-refractivity contribution in [2.45, 2.75) is 52.5 Å². The summed E-state index contributed by atoms with van der Waals surface area (Å²) in [4.78, 5) is 14.1. The quantitative estimate of drug-likeness (QED) is 0.800. The Labute approximate surface area is 99.4 Å². The van der Waals surface area contributed by atoms with Gasteiger partial charge < -0.3 is 10.6 Å². The fourth-order valence-electron chi connectivity index (χ4n) is 2.19. The molecule has 0 aromatic heterocycles. The molecular formula is C13H26N2O. The Bertz CT molecular complexity index is 230. The van der Waals surface area contributed by atoms with E-state index < -0.39 is 0 Å². The van der Waals surface area contributed by atoms with Crippen LogP contribution < -0.4 is 5.73 Å². The third-order valence-corrected chi connectivity index (χ3v) is 3.87. The highest BCUT2D eigenvalue weighted by Gasteiger charge is 2.26. The molecule has 3 atom stereocenters. The largest absolute Gasteiger partial charge is 0.341 e. The third-order valence-electron chi connectivity index (χ3n) is 3.87. The first-order chi connectivity index (χ1) is 7.56. The Kier molecular flexibility index (Phi) is 5.26.